The first-order valence-corrected chi connectivity index (χ1v) is 8.20. The van der Waals surface area contributed by atoms with Gasteiger partial charge in [0.15, 0.2) is 0 Å². The van der Waals surface area contributed by atoms with E-state index >= 15 is 0 Å². The molecule has 0 heterocycles. The van der Waals surface area contributed by atoms with Crippen LogP contribution in [0.3, 0.4) is 0 Å². The van der Waals surface area contributed by atoms with Crippen molar-refractivity contribution in [3.8, 4) is 11.1 Å². The number of halogens is 2. The van der Waals surface area contributed by atoms with Crippen molar-refractivity contribution in [2.24, 2.45) is 0 Å². The lowest BCUT2D eigenvalue weighted by Crippen LogP contribution is -2.14. The van der Waals surface area contributed by atoms with Gasteiger partial charge in [0.1, 0.15) is 0 Å². The largest absolute Gasteiger partial charge is 0.0837 e. The summed E-state index contributed by atoms with van der Waals surface area (Å²) in [6.45, 7) is 4.59. The van der Waals surface area contributed by atoms with Crippen LogP contribution in [0.4, 0.5) is 0 Å². The average molecular weight is 358 g/mol. The lowest BCUT2D eigenvalue weighted by molar-refractivity contribution is 0.661. The van der Waals surface area contributed by atoms with Crippen molar-refractivity contribution < 1.29 is 0 Å². The molecule has 1 aliphatic rings. The Kier molecular flexibility index (Phi) is 2.76. The van der Waals surface area contributed by atoms with E-state index in [1.54, 1.807) is 0 Å². The van der Waals surface area contributed by atoms with Crippen LogP contribution in [0.5, 0.6) is 0 Å². The van der Waals surface area contributed by atoms with Gasteiger partial charge in [-0.2, -0.15) is 0 Å². The van der Waals surface area contributed by atoms with E-state index in [0.717, 1.165) is 14.9 Å². The van der Waals surface area contributed by atoms with E-state index in [9.17, 15) is 0 Å². The Morgan fingerprint density at radius 1 is 0.905 bits per heavy atom. The fourth-order valence-corrected chi connectivity index (χ4v) is 4.33. The molecule has 3 aromatic carbocycles. The molecule has 0 radical (unpaired) electrons. The average Bonchev–Trinajstić information content (AvgIpc) is 2.72. The molecule has 4 rings (SSSR count). The zero-order chi connectivity index (χ0) is 14.8. The highest BCUT2D eigenvalue weighted by Gasteiger charge is 2.36. The molecule has 0 fully saturated rings. The van der Waals surface area contributed by atoms with E-state index < -0.39 is 0 Å². The Balaban J connectivity index is 2.26. The predicted octanol–water partition coefficient (Wildman–Crippen LogP) is 6.56. The van der Waals surface area contributed by atoms with Crippen molar-refractivity contribution in [1.29, 1.82) is 0 Å². The minimum Gasteiger partial charge on any atom is -0.0837 e. The first kappa shape index (κ1) is 13.4. The highest BCUT2D eigenvalue weighted by molar-refractivity contribution is 9.10. The van der Waals surface area contributed by atoms with Gasteiger partial charge in [-0.25, -0.2) is 0 Å². The van der Waals surface area contributed by atoms with Gasteiger partial charge in [-0.1, -0.05) is 77.8 Å². The third-order valence-corrected chi connectivity index (χ3v) is 5.61. The SMILES string of the molecule is CC1(C)c2ccccc2-c2c1ccc1c(Cl)ccc(Br)c21. The molecular formula is C19H14BrCl. The van der Waals surface area contributed by atoms with E-state index in [4.69, 9.17) is 11.6 Å². The summed E-state index contributed by atoms with van der Waals surface area (Å²) in [4.78, 5) is 0. The zero-order valence-corrected chi connectivity index (χ0v) is 14.2. The van der Waals surface area contributed by atoms with E-state index in [-0.39, 0.29) is 5.41 Å². The number of hydrogen-bond donors (Lipinski definition) is 0. The fraction of sp³-hybridized carbons (Fsp3) is 0.158. The second-order valence-electron chi connectivity index (χ2n) is 6.11. The van der Waals surface area contributed by atoms with Gasteiger partial charge < -0.3 is 0 Å². The van der Waals surface area contributed by atoms with Gasteiger partial charge in [0, 0.05) is 25.7 Å². The molecule has 0 N–H and O–H groups in total. The summed E-state index contributed by atoms with van der Waals surface area (Å²) in [6, 6.07) is 17.1. The fourth-order valence-electron chi connectivity index (χ4n) is 3.56. The standard InChI is InChI=1S/C19H14BrCl/c1-19(2)13-6-4-3-5-11(13)17-14(19)8-7-12-16(21)10-9-15(20)18(12)17/h3-10H,1-2H3. The molecule has 2 heteroatoms. The minimum absolute atomic E-state index is 0.0296. The van der Waals surface area contributed by atoms with Gasteiger partial charge in [-0.15, -0.1) is 0 Å². The molecule has 0 aliphatic heterocycles. The zero-order valence-electron chi connectivity index (χ0n) is 11.9. The van der Waals surface area contributed by atoms with Crippen LogP contribution in [0.2, 0.25) is 5.02 Å². The third-order valence-electron chi connectivity index (χ3n) is 4.62. The normalized spacial score (nSPS) is 15.0. The van der Waals surface area contributed by atoms with E-state index in [0.29, 0.717) is 0 Å². The highest BCUT2D eigenvalue weighted by atomic mass is 79.9. The molecular weight excluding hydrogens is 344 g/mol. The van der Waals surface area contributed by atoms with Crippen molar-refractivity contribution in [3.63, 3.8) is 0 Å². The molecule has 104 valence electrons. The molecule has 0 spiro atoms. The summed E-state index contributed by atoms with van der Waals surface area (Å²) in [7, 11) is 0. The van der Waals surface area contributed by atoms with Crippen molar-refractivity contribution in [2.75, 3.05) is 0 Å². The molecule has 0 saturated heterocycles. The maximum Gasteiger partial charge on any atom is 0.0485 e. The van der Waals surface area contributed by atoms with Crippen LogP contribution in [0, 0.1) is 0 Å². The minimum atomic E-state index is 0.0296. The predicted molar refractivity (Wildman–Crippen MR) is 94.2 cm³/mol. The monoisotopic (exact) mass is 356 g/mol. The first-order valence-electron chi connectivity index (χ1n) is 7.03. The van der Waals surface area contributed by atoms with Crippen molar-refractivity contribution in [2.45, 2.75) is 19.3 Å². The first-order chi connectivity index (χ1) is 10.0. The molecule has 21 heavy (non-hydrogen) atoms. The quantitative estimate of drug-likeness (QED) is 0.427. The molecule has 0 aromatic heterocycles. The molecule has 0 bridgehead atoms. The maximum absolute atomic E-state index is 6.41. The van der Waals surface area contributed by atoms with Gasteiger partial charge >= 0.3 is 0 Å². The lowest BCUT2D eigenvalue weighted by atomic mass is 9.82. The van der Waals surface area contributed by atoms with Crippen LogP contribution in [0.15, 0.2) is 53.0 Å². The highest BCUT2D eigenvalue weighted by Crippen LogP contribution is 2.52. The second kappa shape index (κ2) is 4.34. The van der Waals surface area contributed by atoms with Gasteiger partial charge in [0.05, 0.1) is 0 Å². The Bertz CT molecular complexity index is 893. The van der Waals surface area contributed by atoms with Crippen LogP contribution in [-0.2, 0) is 5.41 Å². The topological polar surface area (TPSA) is 0 Å². The van der Waals surface area contributed by atoms with E-state index in [1.165, 1.54) is 27.6 Å². The van der Waals surface area contributed by atoms with Crippen molar-refractivity contribution in [3.05, 3.63) is 69.2 Å². The number of benzene rings is 3. The van der Waals surface area contributed by atoms with Crippen LogP contribution in [0.25, 0.3) is 21.9 Å². The van der Waals surface area contributed by atoms with Crippen LogP contribution in [-0.4, -0.2) is 0 Å². The third kappa shape index (κ3) is 1.68. The molecule has 0 atom stereocenters. The summed E-state index contributed by atoms with van der Waals surface area (Å²) in [6.07, 6.45) is 0. The van der Waals surface area contributed by atoms with Gasteiger partial charge in [0.2, 0.25) is 0 Å². The van der Waals surface area contributed by atoms with E-state index in [2.05, 4.69) is 66.2 Å². The number of fused-ring (bicyclic) bond motifs is 5. The summed E-state index contributed by atoms with van der Waals surface area (Å²) in [5.74, 6) is 0. The van der Waals surface area contributed by atoms with Crippen LogP contribution >= 0.6 is 27.5 Å². The Morgan fingerprint density at radius 2 is 1.67 bits per heavy atom. The smallest absolute Gasteiger partial charge is 0.0485 e. The molecule has 0 unspecified atom stereocenters. The van der Waals surface area contributed by atoms with Gasteiger partial charge in [-0.3, -0.25) is 0 Å². The van der Waals surface area contributed by atoms with Crippen molar-refractivity contribution >= 4 is 38.3 Å². The number of hydrogen-bond acceptors (Lipinski definition) is 0. The molecule has 0 saturated carbocycles. The summed E-state index contributed by atoms with van der Waals surface area (Å²) in [5, 5.41) is 3.13. The van der Waals surface area contributed by atoms with Crippen LogP contribution < -0.4 is 0 Å². The summed E-state index contributed by atoms with van der Waals surface area (Å²) >= 11 is 10.1. The Hall–Kier alpha value is -1.31. The lowest BCUT2D eigenvalue weighted by Gasteiger charge is -2.21. The molecule has 1 aliphatic carbocycles. The van der Waals surface area contributed by atoms with Gasteiger partial charge in [0.25, 0.3) is 0 Å². The Morgan fingerprint density at radius 3 is 2.48 bits per heavy atom. The van der Waals surface area contributed by atoms with Crippen molar-refractivity contribution in [1.82, 2.24) is 0 Å². The van der Waals surface area contributed by atoms with E-state index in [1.807, 2.05) is 12.1 Å². The maximum atomic E-state index is 6.41. The summed E-state index contributed by atoms with van der Waals surface area (Å²) < 4.78 is 1.10. The molecule has 3 aromatic rings. The molecule has 0 amide bonds. The number of rotatable bonds is 0. The summed E-state index contributed by atoms with van der Waals surface area (Å²) in [5.41, 5.74) is 5.44. The van der Waals surface area contributed by atoms with Crippen LogP contribution in [0.1, 0.15) is 25.0 Å². The van der Waals surface area contributed by atoms with Gasteiger partial charge in [-0.05, 0) is 34.4 Å². The Labute approximate surface area is 137 Å². The molecule has 0 nitrogen and oxygen atoms in total. The second-order valence-corrected chi connectivity index (χ2v) is 7.37.